The standard InChI is InChI=1S/C12H16N4O/c1-17-11-4-5-12(14-10-11)13-6-2-8-16-9-3-7-15-16/h3-5,7,9-10H,2,6,8H2,1H3,(H,13,14). The first-order valence-electron chi connectivity index (χ1n) is 5.60. The molecule has 2 aromatic rings. The molecule has 90 valence electrons. The van der Waals surface area contributed by atoms with Crippen LogP contribution >= 0.6 is 0 Å². The van der Waals surface area contributed by atoms with Gasteiger partial charge >= 0.3 is 0 Å². The summed E-state index contributed by atoms with van der Waals surface area (Å²) in [5, 5.41) is 7.39. The van der Waals surface area contributed by atoms with Gasteiger partial charge < -0.3 is 10.1 Å². The molecule has 0 aliphatic heterocycles. The summed E-state index contributed by atoms with van der Waals surface area (Å²) in [7, 11) is 1.63. The first-order chi connectivity index (χ1) is 8.38. The van der Waals surface area contributed by atoms with Crippen molar-refractivity contribution < 1.29 is 4.74 Å². The molecule has 0 fully saturated rings. The largest absolute Gasteiger partial charge is 0.495 e. The Morgan fingerprint density at radius 1 is 1.41 bits per heavy atom. The molecule has 0 saturated carbocycles. The Hall–Kier alpha value is -2.04. The van der Waals surface area contributed by atoms with Crippen LogP contribution in [0, 0.1) is 0 Å². The fourth-order valence-electron chi connectivity index (χ4n) is 1.50. The second-order valence-electron chi connectivity index (χ2n) is 3.63. The maximum atomic E-state index is 5.04. The molecule has 0 atom stereocenters. The van der Waals surface area contributed by atoms with Gasteiger partial charge in [-0.3, -0.25) is 4.68 Å². The van der Waals surface area contributed by atoms with Crippen LogP contribution in [-0.2, 0) is 6.54 Å². The molecule has 0 saturated heterocycles. The fraction of sp³-hybridized carbons (Fsp3) is 0.333. The van der Waals surface area contributed by atoms with E-state index >= 15 is 0 Å². The first kappa shape index (κ1) is 11.4. The van der Waals surface area contributed by atoms with Gasteiger partial charge in [-0.2, -0.15) is 5.10 Å². The Morgan fingerprint density at radius 2 is 2.35 bits per heavy atom. The maximum Gasteiger partial charge on any atom is 0.137 e. The molecular formula is C12H16N4O. The highest BCUT2D eigenvalue weighted by molar-refractivity contribution is 5.37. The van der Waals surface area contributed by atoms with E-state index in [1.54, 1.807) is 19.5 Å². The number of aryl methyl sites for hydroxylation is 1. The molecule has 2 heterocycles. The van der Waals surface area contributed by atoms with Gasteiger partial charge in [-0.25, -0.2) is 4.98 Å². The summed E-state index contributed by atoms with van der Waals surface area (Å²) in [5.41, 5.74) is 0. The lowest BCUT2D eigenvalue weighted by atomic mass is 10.4. The zero-order valence-corrected chi connectivity index (χ0v) is 9.84. The molecule has 0 amide bonds. The highest BCUT2D eigenvalue weighted by atomic mass is 16.5. The van der Waals surface area contributed by atoms with E-state index in [-0.39, 0.29) is 0 Å². The van der Waals surface area contributed by atoms with E-state index in [9.17, 15) is 0 Å². The van der Waals surface area contributed by atoms with E-state index in [0.29, 0.717) is 0 Å². The summed E-state index contributed by atoms with van der Waals surface area (Å²) in [5.74, 6) is 1.64. The van der Waals surface area contributed by atoms with E-state index in [1.165, 1.54) is 0 Å². The molecule has 0 spiro atoms. The summed E-state index contributed by atoms with van der Waals surface area (Å²) in [4.78, 5) is 4.23. The van der Waals surface area contributed by atoms with Gasteiger partial charge in [0.2, 0.25) is 0 Å². The summed E-state index contributed by atoms with van der Waals surface area (Å²) in [6, 6.07) is 5.73. The van der Waals surface area contributed by atoms with Crippen molar-refractivity contribution in [3.63, 3.8) is 0 Å². The number of aromatic nitrogens is 3. The second kappa shape index (κ2) is 5.89. The van der Waals surface area contributed by atoms with E-state index in [4.69, 9.17) is 4.74 Å². The summed E-state index contributed by atoms with van der Waals surface area (Å²) in [6.45, 7) is 1.79. The molecule has 17 heavy (non-hydrogen) atoms. The van der Waals surface area contributed by atoms with Gasteiger partial charge in [-0.15, -0.1) is 0 Å². The van der Waals surface area contributed by atoms with Gasteiger partial charge in [0.1, 0.15) is 11.6 Å². The number of nitrogens with zero attached hydrogens (tertiary/aromatic N) is 3. The van der Waals surface area contributed by atoms with Crippen LogP contribution in [0.15, 0.2) is 36.8 Å². The van der Waals surface area contributed by atoms with Crippen molar-refractivity contribution in [1.29, 1.82) is 0 Å². The SMILES string of the molecule is COc1ccc(NCCCn2cccn2)nc1. The number of pyridine rings is 1. The predicted octanol–water partition coefficient (Wildman–Crippen LogP) is 1.79. The normalized spacial score (nSPS) is 10.2. The number of nitrogens with one attached hydrogen (secondary N) is 1. The van der Waals surface area contributed by atoms with Gasteiger partial charge in [0.05, 0.1) is 13.3 Å². The quantitative estimate of drug-likeness (QED) is 0.771. The number of anilines is 1. The van der Waals surface area contributed by atoms with Gasteiger partial charge in [0, 0.05) is 25.5 Å². The molecule has 5 nitrogen and oxygen atoms in total. The Labute approximate surface area is 100 Å². The molecular weight excluding hydrogens is 216 g/mol. The number of ether oxygens (including phenoxy) is 1. The van der Waals surface area contributed by atoms with Crippen LogP contribution in [0.25, 0.3) is 0 Å². The number of methoxy groups -OCH3 is 1. The minimum atomic E-state index is 0.770. The lowest BCUT2D eigenvalue weighted by Crippen LogP contribution is -2.07. The average Bonchev–Trinajstić information content (AvgIpc) is 2.88. The van der Waals surface area contributed by atoms with Crippen LogP contribution in [0.1, 0.15) is 6.42 Å². The fourth-order valence-corrected chi connectivity index (χ4v) is 1.50. The first-order valence-corrected chi connectivity index (χ1v) is 5.60. The Morgan fingerprint density at radius 3 is 3.00 bits per heavy atom. The minimum absolute atomic E-state index is 0.770. The lowest BCUT2D eigenvalue weighted by Gasteiger charge is -2.06. The minimum Gasteiger partial charge on any atom is -0.495 e. The van der Waals surface area contributed by atoms with Crippen LogP contribution in [-0.4, -0.2) is 28.4 Å². The van der Waals surface area contributed by atoms with Crippen LogP contribution in [0.4, 0.5) is 5.82 Å². The lowest BCUT2D eigenvalue weighted by molar-refractivity contribution is 0.413. The van der Waals surface area contributed by atoms with E-state index in [0.717, 1.165) is 31.1 Å². The van der Waals surface area contributed by atoms with Crippen molar-refractivity contribution in [1.82, 2.24) is 14.8 Å². The van der Waals surface area contributed by atoms with Crippen molar-refractivity contribution in [3.05, 3.63) is 36.8 Å². The third-order valence-corrected chi connectivity index (χ3v) is 2.40. The van der Waals surface area contributed by atoms with Crippen molar-refractivity contribution in [2.24, 2.45) is 0 Å². The average molecular weight is 232 g/mol. The second-order valence-corrected chi connectivity index (χ2v) is 3.63. The smallest absolute Gasteiger partial charge is 0.137 e. The molecule has 5 heteroatoms. The summed E-state index contributed by atoms with van der Waals surface area (Å²) in [6.07, 6.45) is 6.47. The molecule has 0 aromatic carbocycles. The van der Waals surface area contributed by atoms with Crippen molar-refractivity contribution in [2.75, 3.05) is 19.0 Å². The van der Waals surface area contributed by atoms with Gasteiger partial charge in [-0.05, 0) is 24.6 Å². The monoisotopic (exact) mass is 232 g/mol. The molecule has 2 rings (SSSR count). The molecule has 0 bridgehead atoms. The van der Waals surface area contributed by atoms with Crippen LogP contribution < -0.4 is 10.1 Å². The molecule has 0 aliphatic rings. The topological polar surface area (TPSA) is 52.0 Å². The maximum absolute atomic E-state index is 5.04. The van der Waals surface area contributed by atoms with Crippen LogP contribution in [0.2, 0.25) is 0 Å². The van der Waals surface area contributed by atoms with Gasteiger partial charge in [-0.1, -0.05) is 0 Å². The number of rotatable bonds is 6. The third-order valence-electron chi connectivity index (χ3n) is 2.40. The zero-order valence-electron chi connectivity index (χ0n) is 9.84. The zero-order chi connectivity index (χ0) is 11.9. The predicted molar refractivity (Wildman–Crippen MR) is 66.1 cm³/mol. The Kier molecular flexibility index (Phi) is 3.96. The summed E-state index contributed by atoms with van der Waals surface area (Å²) < 4.78 is 6.96. The Balaban J connectivity index is 1.70. The third kappa shape index (κ3) is 3.48. The number of hydrogen-bond acceptors (Lipinski definition) is 4. The molecule has 0 unspecified atom stereocenters. The Bertz CT molecular complexity index is 424. The molecule has 0 radical (unpaired) electrons. The highest BCUT2D eigenvalue weighted by Gasteiger charge is 1.95. The van der Waals surface area contributed by atoms with Gasteiger partial charge in [0.25, 0.3) is 0 Å². The van der Waals surface area contributed by atoms with Crippen molar-refractivity contribution >= 4 is 5.82 Å². The van der Waals surface area contributed by atoms with Gasteiger partial charge in [0.15, 0.2) is 0 Å². The van der Waals surface area contributed by atoms with Crippen LogP contribution in [0.3, 0.4) is 0 Å². The summed E-state index contributed by atoms with van der Waals surface area (Å²) >= 11 is 0. The molecule has 0 aliphatic carbocycles. The molecule has 2 aromatic heterocycles. The van der Waals surface area contributed by atoms with E-state index < -0.39 is 0 Å². The van der Waals surface area contributed by atoms with E-state index in [1.807, 2.05) is 29.1 Å². The van der Waals surface area contributed by atoms with Crippen molar-refractivity contribution in [2.45, 2.75) is 13.0 Å². The highest BCUT2D eigenvalue weighted by Crippen LogP contribution is 2.10. The van der Waals surface area contributed by atoms with Crippen molar-refractivity contribution in [3.8, 4) is 5.75 Å². The number of hydrogen-bond donors (Lipinski definition) is 1. The molecule has 1 N–H and O–H groups in total. The van der Waals surface area contributed by atoms with E-state index in [2.05, 4.69) is 15.4 Å². The van der Waals surface area contributed by atoms with Crippen LogP contribution in [0.5, 0.6) is 5.75 Å².